The first-order valence-electron chi connectivity index (χ1n) is 12.3. The van der Waals surface area contributed by atoms with E-state index in [0.717, 1.165) is 36.8 Å². The molecule has 1 aliphatic heterocycles. The van der Waals surface area contributed by atoms with Crippen LogP contribution >= 0.6 is 11.5 Å². The number of hydrogen-bond acceptors (Lipinski definition) is 7. The van der Waals surface area contributed by atoms with E-state index in [2.05, 4.69) is 28.4 Å². The van der Waals surface area contributed by atoms with E-state index in [1.165, 1.54) is 17.1 Å². The summed E-state index contributed by atoms with van der Waals surface area (Å²) < 4.78 is 4.80. The van der Waals surface area contributed by atoms with Gasteiger partial charge >= 0.3 is 6.03 Å². The molecule has 3 aromatic rings. The highest BCUT2D eigenvalue weighted by atomic mass is 32.1. The van der Waals surface area contributed by atoms with Crippen LogP contribution in [0.4, 0.5) is 15.6 Å². The summed E-state index contributed by atoms with van der Waals surface area (Å²) in [6.45, 7) is 2.66. The van der Waals surface area contributed by atoms with Gasteiger partial charge in [0.1, 0.15) is 5.78 Å². The average molecular weight is 501 g/mol. The number of nitrogens with zero attached hydrogens (tertiary/aromatic N) is 5. The number of carbonyl (C=O) groups is 2. The zero-order valence-corrected chi connectivity index (χ0v) is 20.8. The van der Waals surface area contributed by atoms with Gasteiger partial charge in [0.2, 0.25) is 5.13 Å². The number of amides is 2. The normalized spacial score (nSPS) is 17.8. The Morgan fingerprint density at radius 3 is 2.61 bits per heavy atom. The highest BCUT2D eigenvalue weighted by Crippen LogP contribution is 2.43. The Morgan fingerprint density at radius 1 is 1.03 bits per heavy atom. The van der Waals surface area contributed by atoms with Crippen molar-refractivity contribution < 1.29 is 9.59 Å². The van der Waals surface area contributed by atoms with Crippen molar-refractivity contribution in [2.45, 2.75) is 37.5 Å². The van der Waals surface area contributed by atoms with Crippen molar-refractivity contribution in [2.24, 2.45) is 0 Å². The van der Waals surface area contributed by atoms with Gasteiger partial charge in [-0.2, -0.15) is 9.64 Å². The molecule has 2 fully saturated rings. The van der Waals surface area contributed by atoms with Gasteiger partial charge in [0.25, 0.3) is 0 Å². The van der Waals surface area contributed by atoms with Crippen molar-refractivity contribution in [1.29, 1.82) is 5.26 Å². The number of rotatable bonds is 4. The van der Waals surface area contributed by atoms with Crippen LogP contribution in [0.15, 0.2) is 54.6 Å². The maximum atomic E-state index is 12.9. The molecule has 8 nitrogen and oxygen atoms in total. The third-order valence-electron chi connectivity index (χ3n) is 7.13. The van der Waals surface area contributed by atoms with E-state index in [0.29, 0.717) is 49.5 Å². The first-order valence-corrected chi connectivity index (χ1v) is 13.1. The van der Waals surface area contributed by atoms with Crippen LogP contribution in [0, 0.1) is 11.3 Å². The molecule has 2 aliphatic rings. The quantitative estimate of drug-likeness (QED) is 0.562. The summed E-state index contributed by atoms with van der Waals surface area (Å²) in [4.78, 5) is 33.9. The number of urea groups is 1. The lowest BCUT2D eigenvalue weighted by Gasteiger charge is -2.35. The molecule has 0 atom stereocenters. The summed E-state index contributed by atoms with van der Waals surface area (Å²) in [5.74, 6) is 1.11. The van der Waals surface area contributed by atoms with Crippen LogP contribution in [0.1, 0.15) is 49.1 Å². The standard InChI is InChI=1S/C27H28N6O2S/c28-19-20-6-4-9-22(18-20)29-25(35)32-14-5-15-33(17-16-32)26-30-24(31-36-26)27(12-10-23(34)11-13-27)21-7-2-1-3-8-21/h1-4,6-9,18H,5,10-17H2,(H,29,35). The fourth-order valence-electron chi connectivity index (χ4n) is 5.07. The Kier molecular flexibility index (Phi) is 6.96. The minimum Gasteiger partial charge on any atom is -0.345 e. The average Bonchev–Trinajstić information content (AvgIpc) is 3.28. The number of benzene rings is 2. The molecule has 0 unspecified atom stereocenters. The second-order valence-electron chi connectivity index (χ2n) is 9.34. The Morgan fingerprint density at radius 2 is 1.83 bits per heavy atom. The minimum atomic E-state index is -0.334. The number of nitrogens with one attached hydrogen (secondary N) is 1. The lowest BCUT2D eigenvalue weighted by atomic mass is 9.68. The van der Waals surface area contributed by atoms with Crippen LogP contribution in [-0.2, 0) is 10.2 Å². The van der Waals surface area contributed by atoms with Crippen LogP contribution in [-0.4, -0.2) is 52.3 Å². The largest absolute Gasteiger partial charge is 0.345 e. The molecule has 0 bridgehead atoms. The second kappa shape index (κ2) is 10.5. The minimum absolute atomic E-state index is 0.167. The Hall–Kier alpha value is -3.77. The lowest BCUT2D eigenvalue weighted by Crippen LogP contribution is -2.38. The summed E-state index contributed by atoms with van der Waals surface area (Å²) >= 11 is 1.40. The Labute approximate surface area is 214 Å². The third kappa shape index (κ3) is 4.95. The fraction of sp³-hybridized carbons (Fsp3) is 0.370. The summed E-state index contributed by atoms with van der Waals surface area (Å²) in [6.07, 6.45) is 3.38. The number of nitriles is 1. The molecular formula is C27H28N6O2S. The first-order chi connectivity index (χ1) is 17.6. The number of aromatic nitrogens is 2. The van der Waals surface area contributed by atoms with E-state index in [1.54, 1.807) is 29.2 Å². The summed E-state index contributed by atoms with van der Waals surface area (Å²) in [7, 11) is 0. The number of carbonyl (C=O) groups excluding carboxylic acids is 2. The highest BCUT2D eigenvalue weighted by Gasteiger charge is 2.41. The number of ketones is 1. The molecule has 0 spiro atoms. The predicted octanol–water partition coefficient (Wildman–Crippen LogP) is 4.58. The van der Waals surface area contributed by atoms with Crippen LogP contribution in [0.3, 0.4) is 0 Å². The van der Waals surface area contributed by atoms with Crippen molar-refractivity contribution in [1.82, 2.24) is 14.3 Å². The maximum absolute atomic E-state index is 12.9. The second-order valence-corrected chi connectivity index (χ2v) is 10.1. The molecular weight excluding hydrogens is 472 g/mol. The monoisotopic (exact) mass is 500 g/mol. The summed E-state index contributed by atoms with van der Waals surface area (Å²) in [5.41, 5.74) is 1.96. The van der Waals surface area contributed by atoms with E-state index < -0.39 is 0 Å². The maximum Gasteiger partial charge on any atom is 0.321 e. The molecule has 2 heterocycles. The molecule has 2 aromatic carbocycles. The van der Waals surface area contributed by atoms with E-state index in [1.807, 2.05) is 18.2 Å². The zero-order valence-electron chi connectivity index (χ0n) is 20.0. The molecule has 9 heteroatoms. The molecule has 1 aromatic heterocycles. The zero-order chi connectivity index (χ0) is 25.0. The van der Waals surface area contributed by atoms with Crippen molar-refractivity contribution >= 4 is 34.2 Å². The van der Waals surface area contributed by atoms with Gasteiger partial charge in [-0.3, -0.25) is 4.79 Å². The predicted molar refractivity (Wildman–Crippen MR) is 139 cm³/mol. The van der Waals surface area contributed by atoms with Crippen LogP contribution < -0.4 is 10.2 Å². The summed E-state index contributed by atoms with van der Waals surface area (Å²) in [6, 6.07) is 19.2. The SMILES string of the molecule is N#Cc1cccc(NC(=O)N2CCCN(c3nc(C4(c5ccccc5)CCC(=O)CC4)ns3)CC2)c1. The van der Waals surface area contributed by atoms with E-state index >= 15 is 0 Å². The van der Waals surface area contributed by atoms with Crippen LogP contribution in [0.25, 0.3) is 0 Å². The lowest BCUT2D eigenvalue weighted by molar-refractivity contribution is -0.121. The summed E-state index contributed by atoms with van der Waals surface area (Å²) in [5, 5.41) is 12.9. The Balaban J connectivity index is 1.29. The van der Waals surface area contributed by atoms with Crippen molar-refractivity contribution in [2.75, 3.05) is 36.4 Å². The molecule has 36 heavy (non-hydrogen) atoms. The van der Waals surface area contributed by atoms with Gasteiger partial charge in [-0.1, -0.05) is 36.4 Å². The molecule has 5 rings (SSSR count). The molecule has 1 saturated carbocycles. The van der Waals surface area contributed by atoms with E-state index in [4.69, 9.17) is 14.6 Å². The van der Waals surface area contributed by atoms with Gasteiger partial charge in [0.05, 0.1) is 17.0 Å². The van der Waals surface area contributed by atoms with Crippen molar-refractivity contribution in [3.8, 4) is 6.07 Å². The molecule has 1 saturated heterocycles. The number of Topliss-reactive ketones (excluding diaryl/α,β-unsaturated/α-hetero) is 1. The molecule has 184 valence electrons. The number of hydrogen-bond donors (Lipinski definition) is 1. The number of anilines is 2. The van der Waals surface area contributed by atoms with Crippen molar-refractivity contribution in [3.63, 3.8) is 0 Å². The van der Waals surface area contributed by atoms with E-state index in [9.17, 15) is 9.59 Å². The Bertz CT molecular complexity index is 1270. The molecule has 1 aliphatic carbocycles. The molecule has 1 N–H and O–H groups in total. The van der Waals surface area contributed by atoms with E-state index in [-0.39, 0.29) is 11.4 Å². The third-order valence-corrected chi connectivity index (χ3v) is 7.90. The van der Waals surface area contributed by atoms with Gasteiger partial charge in [-0.05, 0) is 43.0 Å². The van der Waals surface area contributed by atoms with Gasteiger partial charge < -0.3 is 15.1 Å². The molecule has 2 amide bonds. The van der Waals surface area contributed by atoms with Crippen LogP contribution in [0.5, 0.6) is 0 Å². The first kappa shape index (κ1) is 23.9. The smallest absolute Gasteiger partial charge is 0.321 e. The van der Waals surface area contributed by atoms with Crippen LogP contribution in [0.2, 0.25) is 0 Å². The molecule has 0 radical (unpaired) electrons. The van der Waals surface area contributed by atoms with Gasteiger partial charge in [0.15, 0.2) is 5.82 Å². The van der Waals surface area contributed by atoms with Gasteiger partial charge in [-0.15, -0.1) is 0 Å². The van der Waals surface area contributed by atoms with Crippen molar-refractivity contribution in [3.05, 3.63) is 71.5 Å². The van der Waals surface area contributed by atoms with Gasteiger partial charge in [-0.25, -0.2) is 9.78 Å². The fourth-order valence-corrected chi connectivity index (χ4v) is 5.88. The topological polar surface area (TPSA) is 102 Å². The van der Waals surface area contributed by atoms with Gasteiger partial charge in [0, 0.05) is 56.2 Å². The highest BCUT2D eigenvalue weighted by molar-refractivity contribution is 7.09.